The second-order valence-electron chi connectivity index (χ2n) is 6.32. The van der Waals surface area contributed by atoms with Crippen LogP contribution in [0.2, 0.25) is 0 Å². The summed E-state index contributed by atoms with van der Waals surface area (Å²) in [6.07, 6.45) is 5.99. The minimum Gasteiger partial charge on any atom is -0.496 e. The number of hydrogen-bond donors (Lipinski definition) is 0. The maximum atomic E-state index is 5.82. The van der Waals surface area contributed by atoms with Crippen LogP contribution < -0.4 is 4.74 Å². The number of rotatable bonds is 7. The van der Waals surface area contributed by atoms with Crippen LogP contribution in [-0.4, -0.2) is 25.2 Å². The fourth-order valence-corrected chi connectivity index (χ4v) is 2.67. The SMILES string of the molecule is CCCCCCc1c(OC)cccc1C1=NC(C)(C)CO1. The quantitative estimate of drug-likeness (QED) is 0.698. The van der Waals surface area contributed by atoms with Crippen molar-refractivity contribution in [1.82, 2.24) is 0 Å². The Labute approximate surface area is 128 Å². The van der Waals surface area contributed by atoms with Crippen molar-refractivity contribution in [2.75, 3.05) is 13.7 Å². The molecule has 0 fully saturated rings. The number of benzene rings is 1. The molecule has 0 amide bonds. The van der Waals surface area contributed by atoms with Gasteiger partial charge in [-0.1, -0.05) is 32.3 Å². The molecule has 0 saturated carbocycles. The molecule has 0 spiro atoms. The highest BCUT2D eigenvalue weighted by Gasteiger charge is 2.28. The molecule has 0 bridgehead atoms. The molecule has 2 rings (SSSR count). The van der Waals surface area contributed by atoms with Crippen LogP contribution in [0.5, 0.6) is 5.75 Å². The highest BCUT2D eigenvalue weighted by Crippen LogP contribution is 2.29. The lowest BCUT2D eigenvalue weighted by atomic mass is 9.99. The van der Waals surface area contributed by atoms with E-state index < -0.39 is 0 Å². The molecule has 0 unspecified atom stereocenters. The Morgan fingerprint density at radius 3 is 2.67 bits per heavy atom. The minimum atomic E-state index is -0.127. The molecule has 0 aromatic heterocycles. The predicted octanol–water partition coefficient (Wildman–Crippen LogP) is 4.37. The number of unbranched alkanes of at least 4 members (excludes halogenated alkanes) is 3. The van der Waals surface area contributed by atoms with Gasteiger partial charge >= 0.3 is 0 Å². The summed E-state index contributed by atoms with van der Waals surface area (Å²) in [5, 5.41) is 0. The Morgan fingerprint density at radius 1 is 1.24 bits per heavy atom. The van der Waals surface area contributed by atoms with E-state index in [0.29, 0.717) is 6.61 Å². The predicted molar refractivity (Wildman–Crippen MR) is 87.4 cm³/mol. The van der Waals surface area contributed by atoms with E-state index in [2.05, 4.69) is 26.8 Å². The van der Waals surface area contributed by atoms with Gasteiger partial charge in [0.25, 0.3) is 0 Å². The molecule has 0 radical (unpaired) electrons. The number of aliphatic imine (C=N–C) groups is 1. The zero-order valence-corrected chi connectivity index (χ0v) is 13.7. The van der Waals surface area contributed by atoms with Crippen molar-refractivity contribution in [3.8, 4) is 5.75 Å². The first-order chi connectivity index (χ1) is 10.1. The van der Waals surface area contributed by atoms with Crippen LogP contribution >= 0.6 is 0 Å². The molecule has 116 valence electrons. The van der Waals surface area contributed by atoms with Gasteiger partial charge in [0.2, 0.25) is 5.90 Å². The third-order valence-corrected chi connectivity index (χ3v) is 3.83. The van der Waals surface area contributed by atoms with Gasteiger partial charge in [-0.05, 0) is 38.8 Å². The highest BCUT2D eigenvalue weighted by atomic mass is 16.5. The third-order valence-electron chi connectivity index (χ3n) is 3.83. The van der Waals surface area contributed by atoms with Crippen LogP contribution in [0.4, 0.5) is 0 Å². The summed E-state index contributed by atoms with van der Waals surface area (Å²) in [6, 6.07) is 6.14. The van der Waals surface area contributed by atoms with Gasteiger partial charge in [0.05, 0.1) is 12.6 Å². The minimum absolute atomic E-state index is 0.127. The van der Waals surface area contributed by atoms with Gasteiger partial charge in [0, 0.05) is 11.1 Å². The average Bonchev–Trinajstić information content (AvgIpc) is 2.83. The molecule has 0 N–H and O–H groups in total. The van der Waals surface area contributed by atoms with Crippen molar-refractivity contribution in [3.05, 3.63) is 29.3 Å². The fraction of sp³-hybridized carbons (Fsp3) is 0.611. The van der Waals surface area contributed by atoms with Crippen molar-refractivity contribution >= 4 is 5.90 Å². The van der Waals surface area contributed by atoms with Crippen molar-refractivity contribution in [3.63, 3.8) is 0 Å². The molecule has 1 aliphatic heterocycles. The number of methoxy groups -OCH3 is 1. The van der Waals surface area contributed by atoms with Crippen LogP contribution in [0.15, 0.2) is 23.2 Å². The molecule has 3 nitrogen and oxygen atoms in total. The van der Waals surface area contributed by atoms with Crippen LogP contribution in [0.1, 0.15) is 57.6 Å². The summed E-state index contributed by atoms with van der Waals surface area (Å²) >= 11 is 0. The van der Waals surface area contributed by atoms with E-state index in [9.17, 15) is 0 Å². The van der Waals surface area contributed by atoms with E-state index in [4.69, 9.17) is 14.5 Å². The summed E-state index contributed by atoms with van der Waals surface area (Å²) in [7, 11) is 1.73. The normalized spacial score (nSPS) is 16.5. The summed E-state index contributed by atoms with van der Waals surface area (Å²) < 4.78 is 11.4. The molecular formula is C18H27NO2. The first-order valence-electron chi connectivity index (χ1n) is 7.96. The Kier molecular flexibility index (Phi) is 5.27. The summed E-state index contributed by atoms with van der Waals surface area (Å²) in [5.74, 6) is 1.71. The Bertz CT molecular complexity index is 506. The average molecular weight is 289 g/mol. The first-order valence-corrected chi connectivity index (χ1v) is 7.96. The van der Waals surface area contributed by atoms with Gasteiger partial charge in [-0.3, -0.25) is 0 Å². The lowest BCUT2D eigenvalue weighted by Gasteiger charge is -2.13. The maximum Gasteiger partial charge on any atom is 0.217 e. The fourth-order valence-electron chi connectivity index (χ4n) is 2.67. The highest BCUT2D eigenvalue weighted by molar-refractivity contribution is 5.97. The lowest BCUT2D eigenvalue weighted by Crippen LogP contribution is -2.17. The lowest BCUT2D eigenvalue weighted by molar-refractivity contribution is 0.279. The van der Waals surface area contributed by atoms with Crippen molar-refractivity contribution < 1.29 is 9.47 Å². The van der Waals surface area contributed by atoms with E-state index in [0.717, 1.165) is 23.6 Å². The molecule has 1 aliphatic rings. The van der Waals surface area contributed by atoms with Crippen LogP contribution in [0.3, 0.4) is 0 Å². The zero-order valence-electron chi connectivity index (χ0n) is 13.7. The van der Waals surface area contributed by atoms with E-state index in [1.165, 1.54) is 31.2 Å². The second kappa shape index (κ2) is 6.97. The van der Waals surface area contributed by atoms with E-state index in [-0.39, 0.29) is 5.54 Å². The molecule has 3 heteroatoms. The maximum absolute atomic E-state index is 5.82. The van der Waals surface area contributed by atoms with Crippen molar-refractivity contribution in [2.45, 2.75) is 58.4 Å². The Hall–Kier alpha value is -1.51. The molecule has 1 aromatic rings. The summed E-state index contributed by atoms with van der Waals surface area (Å²) in [5.41, 5.74) is 2.20. The monoisotopic (exact) mass is 289 g/mol. The molecule has 1 heterocycles. The van der Waals surface area contributed by atoms with Gasteiger partial charge in [-0.15, -0.1) is 0 Å². The van der Waals surface area contributed by atoms with Gasteiger partial charge in [0.15, 0.2) is 0 Å². The summed E-state index contributed by atoms with van der Waals surface area (Å²) in [4.78, 5) is 4.71. The van der Waals surface area contributed by atoms with E-state index >= 15 is 0 Å². The zero-order chi connectivity index (χ0) is 15.3. The van der Waals surface area contributed by atoms with E-state index in [1.54, 1.807) is 7.11 Å². The van der Waals surface area contributed by atoms with Crippen LogP contribution in [0, 0.1) is 0 Å². The third kappa shape index (κ3) is 3.99. The molecule has 0 saturated heterocycles. The van der Waals surface area contributed by atoms with Gasteiger partial charge in [0.1, 0.15) is 12.4 Å². The van der Waals surface area contributed by atoms with E-state index in [1.807, 2.05) is 12.1 Å². The van der Waals surface area contributed by atoms with Crippen LogP contribution in [-0.2, 0) is 11.2 Å². The molecule has 21 heavy (non-hydrogen) atoms. The number of nitrogens with zero attached hydrogens (tertiary/aromatic N) is 1. The first kappa shape index (κ1) is 15.9. The Morgan fingerprint density at radius 2 is 2.05 bits per heavy atom. The largest absolute Gasteiger partial charge is 0.496 e. The van der Waals surface area contributed by atoms with Crippen molar-refractivity contribution in [2.24, 2.45) is 4.99 Å². The number of ether oxygens (including phenoxy) is 2. The van der Waals surface area contributed by atoms with Gasteiger partial charge in [-0.25, -0.2) is 4.99 Å². The smallest absolute Gasteiger partial charge is 0.217 e. The molecule has 0 aliphatic carbocycles. The summed E-state index contributed by atoms with van der Waals surface area (Å²) in [6.45, 7) is 7.08. The molecule has 0 atom stereocenters. The molecular weight excluding hydrogens is 262 g/mol. The molecule has 1 aromatic carbocycles. The van der Waals surface area contributed by atoms with Gasteiger partial charge < -0.3 is 9.47 Å². The van der Waals surface area contributed by atoms with Gasteiger partial charge in [-0.2, -0.15) is 0 Å². The number of hydrogen-bond acceptors (Lipinski definition) is 3. The van der Waals surface area contributed by atoms with Crippen LogP contribution in [0.25, 0.3) is 0 Å². The topological polar surface area (TPSA) is 30.8 Å². The van der Waals surface area contributed by atoms with Crippen molar-refractivity contribution in [1.29, 1.82) is 0 Å². The second-order valence-corrected chi connectivity index (χ2v) is 6.32. The Balaban J connectivity index is 2.24. The standard InChI is InChI=1S/C18H27NO2/c1-5-6-7-8-10-14-15(11-9-12-16(14)20-4)17-19-18(2,3)13-21-17/h9,11-12H,5-8,10,13H2,1-4H3.